The molecule has 2 aromatic carbocycles. The molecular weight excluding hydrogens is 493 g/mol. The third-order valence-electron chi connectivity index (χ3n) is 4.56. The molecule has 0 radical (unpaired) electrons. The number of ether oxygens (including phenoxy) is 2. The van der Waals surface area contributed by atoms with Gasteiger partial charge in [0.15, 0.2) is 17.5 Å². The zero-order chi connectivity index (χ0) is 20.6. The van der Waals surface area contributed by atoms with Crippen LogP contribution in [0.3, 0.4) is 0 Å². The predicted octanol–water partition coefficient (Wildman–Crippen LogP) is 3.72. The maximum Gasteiger partial charge on any atom is 0.191 e. The van der Waals surface area contributed by atoms with E-state index in [4.69, 9.17) is 9.47 Å². The van der Waals surface area contributed by atoms with Gasteiger partial charge in [0.05, 0.1) is 24.7 Å². The van der Waals surface area contributed by atoms with Gasteiger partial charge >= 0.3 is 0 Å². The lowest BCUT2D eigenvalue weighted by atomic mass is 10.3. The highest BCUT2D eigenvalue weighted by molar-refractivity contribution is 14.0. The van der Waals surface area contributed by atoms with Gasteiger partial charge in [-0.25, -0.2) is 9.98 Å². The second kappa shape index (κ2) is 11.6. The number of aliphatic imine (C=N–C) groups is 1. The first-order valence-corrected chi connectivity index (χ1v) is 9.84. The molecule has 3 rings (SSSR count). The molecule has 0 amide bonds. The molecule has 0 fully saturated rings. The van der Waals surface area contributed by atoms with Crippen LogP contribution in [-0.2, 0) is 13.6 Å². The number of nitrogens with one attached hydrogen (secondary N) is 2. The number of rotatable bonds is 8. The van der Waals surface area contributed by atoms with Crippen LogP contribution in [-0.4, -0.2) is 41.8 Å². The van der Waals surface area contributed by atoms with Crippen molar-refractivity contribution in [3.63, 3.8) is 0 Å². The Labute approximate surface area is 194 Å². The fraction of sp³-hybridized carbons (Fsp3) is 0.364. The monoisotopic (exact) mass is 523 g/mol. The smallest absolute Gasteiger partial charge is 0.191 e. The molecule has 162 valence electrons. The van der Waals surface area contributed by atoms with Crippen LogP contribution >= 0.6 is 24.0 Å². The summed E-state index contributed by atoms with van der Waals surface area (Å²) in [5, 5.41) is 6.61. The van der Waals surface area contributed by atoms with E-state index in [0.29, 0.717) is 13.1 Å². The van der Waals surface area contributed by atoms with Crippen molar-refractivity contribution < 1.29 is 9.47 Å². The molecule has 0 bridgehead atoms. The number of halogens is 1. The number of methoxy groups -OCH3 is 1. The summed E-state index contributed by atoms with van der Waals surface area (Å²) in [7, 11) is 3.66. The van der Waals surface area contributed by atoms with Crippen molar-refractivity contribution in [2.75, 3.05) is 20.2 Å². The minimum Gasteiger partial charge on any atom is -0.493 e. The fourth-order valence-electron chi connectivity index (χ4n) is 3.04. The van der Waals surface area contributed by atoms with Gasteiger partial charge in [-0.2, -0.15) is 0 Å². The van der Waals surface area contributed by atoms with Gasteiger partial charge in [0.1, 0.15) is 18.5 Å². The minimum atomic E-state index is -0.0640. The molecular formula is C22H30IN5O2. The average molecular weight is 523 g/mol. The van der Waals surface area contributed by atoms with Gasteiger partial charge in [-0.05, 0) is 38.1 Å². The fourth-order valence-corrected chi connectivity index (χ4v) is 3.04. The lowest BCUT2D eigenvalue weighted by molar-refractivity contribution is 0.213. The zero-order valence-corrected chi connectivity index (χ0v) is 20.2. The van der Waals surface area contributed by atoms with Crippen molar-refractivity contribution in [1.82, 2.24) is 20.2 Å². The zero-order valence-electron chi connectivity index (χ0n) is 17.9. The van der Waals surface area contributed by atoms with Crippen molar-refractivity contribution in [1.29, 1.82) is 0 Å². The molecule has 1 atom stereocenters. The topological polar surface area (TPSA) is 72.7 Å². The third-order valence-corrected chi connectivity index (χ3v) is 4.56. The number of imidazole rings is 1. The molecule has 0 saturated heterocycles. The number of guanidine groups is 1. The minimum absolute atomic E-state index is 0. The van der Waals surface area contributed by atoms with Crippen LogP contribution in [0.1, 0.15) is 19.7 Å². The molecule has 0 aliphatic heterocycles. The molecule has 8 heteroatoms. The number of para-hydroxylation sites is 4. The normalized spacial score (nSPS) is 12.2. The van der Waals surface area contributed by atoms with Crippen LogP contribution in [0, 0.1) is 0 Å². The predicted molar refractivity (Wildman–Crippen MR) is 132 cm³/mol. The molecule has 0 aliphatic carbocycles. The number of benzene rings is 2. The van der Waals surface area contributed by atoms with Crippen molar-refractivity contribution in [2.45, 2.75) is 26.5 Å². The number of aryl methyl sites for hydroxylation is 1. The standard InChI is InChI=1S/C22H29N5O2.HI/c1-5-23-22(24-14-16(2)29-20-13-9-8-12-19(20)28-4)25-15-21-26-17-10-6-7-11-18(17)27(21)3;/h6-13,16H,5,14-15H2,1-4H3,(H2,23,24,25);1H. The summed E-state index contributed by atoms with van der Waals surface area (Å²) >= 11 is 0. The quantitative estimate of drug-likeness (QED) is 0.268. The largest absolute Gasteiger partial charge is 0.493 e. The first-order valence-electron chi connectivity index (χ1n) is 9.84. The second-order valence-electron chi connectivity index (χ2n) is 6.73. The molecule has 30 heavy (non-hydrogen) atoms. The number of hydrogen-bond acceptors (Lipinski definition) is 4. The Hall–Kier alpha value is -2.49. The van der Waals surface area contributed by atoms with Crippen molar-refractivity contribution in [3.8, 4) is 11.5 Å². The van der Waals surface area contributed by atoms with Crippen molar-refractivity contribution in [2.24, 2.45) is 12.0 Å². The maximum atomic E-state index is 6.00. The first-order chi connectivity index (χ1) is 14.1. The van der Waals surface area contributed by atoms with E-state index in [9.17, 15) is 0 Å². The molecule has 1 heterocycles. The first kappa shape index (κ1) is 23.8. The molecule has 0 spiro atoms. The molecule has 1 unspecified atom stereocenters. The molecule has 2 N–H and O–H groups in total. The van der Waals surface area contributed by atoms with Gasteiger partial charge in [-0.1, -0.05) is 24.3 Å². The van der Waals surface area contributed by atoms with E-state index < -0.39 is 0 Å². The SMILES string of the molecule is CCNC(=NCc1nc2ccccc2n1C)NCC(C)Oc1ccccc1OC.I. The average Bonchev–Trinajstić information content (AvgIpc) is 3.06. The molecule has 0 saturated carbocycles. The van der Waals surface area contributed by atoms with E-state index in [1.165, 1.54) is 0 Å². The van der Waals surface area contributed by atoms with E-state index in [0.717, 1.165) is 40.9 Å². The Kier molecular flexibility index (Phi) is 9.22. The number of aromatic nitrogens is 2. The van der Waals surface area contributed by atoms with Crippen molar-refractivity contribution >= 4 is 41.0 Å². The number of nitrogens with zero attached hydrogens (tertiary/aromatic N) is 3. The summed E-state index contributed by atoms with van der Waals surface area (Å²) in [6.45, 7) is 5.92. The Balaban J connectivity index is 0.00000320. The van der Waals surface area contributed by atoms with E-state index >= 15 is 0 Å². The van der Waals surface area contributed by atoms with Gasteiger partial charge in [-0.15, -0.1) is 24.0 Å². The van der Waals surface area contributed by atoms with Crippen LogP contribution in [0.5, 0.6) is 11.5 Å². The van der Waals surface area contributed by atoms with Crippen LogP contribution in [0.25, 0.3) is 11.0 Å². The van der Waals surface area contributed by atoms with E-state index in [1.54, 1.807) is 7.11 Å². The van der Waals surface area contributed by atoms with Gasteiger partial charge in [0, 0.05) is 13.6 Å². The van der Waals surface area contributed by atoms with Crippen LogP contribution in [0.4, 0.5) is 0 Å². The highest BCUT2D eigenvalue weighted by atomic mass is 127. The highest BCUT2D eigenvalue weighted by Gasteiger charge is 2.10. The molecule has 1 aromatic heterocycles. The van der Waals surface area contributed by atoms with Crippen LogP contribution < -0.4 is 20.1 Å². The van der Waals surface area contributed by atoms with E-state index in [1.807, 2.05) is 63.4 Å². The summed E-state index contributed by atoms with van der Waals surface area (Å²) in [6.07, 6.45) is -0.0640. The highest BCUT2D eigenvalue weighted by Crippen LogP contribution is 2.26. The van der Waals surface area contributed by atoms with Gasteiger partial charge in [0.25, 0.3) is 0 Å². The Bertz CT molecular complexity index is 973. The lowest BCUT2D eigenvalue weighted by Crippen LogP contribution is -2.41. The number of fused-ring (bicyclic) bond motifs is 1. The number of hydrogen-bond donors (Lipinski definition) is 2. The van der Waals surface area contributed by atoms with Crippen LogP contribution in [0.15, 0.2) is 53.5 Å². The summed E-state index contributed by atoms with van der Waals surface area (Å²) in [6, 6.07) is 15.7. The summed E-state index contributed by atoms with van der Waals surface area (Å²) in [5.74, 6) is 3.10. The van der Waals surface area contributed by atoms with Crippen LogP contribution in [0.2, 0.25) is 0 Å². The van der Waals surface area contributed by atoms with Crippen molar-refractivity contribution in [3.05, 3.63) is 54.4 Å². The molecule has 3 aromatic rings. The Morgan fingerprint density at radius 2 is 1.80 bits per heavy atom. The van der Waals surface area contributed by atoms with Gasteiger partial charge < -0.3 is 24.7 Å². The van der Waals surface area contributed by atoms with Gasteiger partial charge in [0.2, 0.25) is 0 Å². The summed E-state index contributed by atoms with van der Waals surface area (Å²) in [4.78, 5) is 9.36. The summed E-state index contributed by atoms with van der Waals surface area (Å²) < 4.78 is 13.4. The lowest BCUT2D eigenvalue weighted by Gasteiger charge is -2.19. The summed E-state index contributed by atoms with van der Waals surface area (Å²) in [5.41, 5.74) is 2.09. The Morgan fingerprint density at radius 3 is 2.50 bits per heavy atom. The third kappa shape index (κ3) is 6.01. The van der Waals surface area contributed by atoms with Gasteiger partial charge in [-0.3, -0.25) is 0 Å². The second-order valence-corrected chi connectivity index (χ2v) is 6.73. The Morgan fingerprint density at radius 1 is 1.10 bits per heavy atom. The maximum absolute atomic E-state index is 6.00. The van der Waals surface area contributed by atoms with E-state index in [-0.39, 0.29) is 30.1 Å². The van der Waals surface area contributed by atoms with E-state index in [2.05, 4.69) is 31.2 Å². The molecule has 0 aliphatic rings. The molecule has 7 nitrogen and oxygen atoms in total.